The van der Waals surface area contributed by atoms with Gasteiger partial charge in [-0.3, -0.25) is 14.0 Å². The van der Waals surface area contributed by atoms with Gasteiger partial charge in [0, 0.05) is 46.0 Å². The van der Waals surface area contributed by atoms with Gasteiger partial charge in [-0.2, -0.15) is 0 Å². The van der Waals surface area contributed by atoms with Crippen LogP contribution >= 0.6 is 0 Å². The van der Waals surface area contributed by atoms with Gasteiger partial charge in [-0.1, -0.05) is 36.4 Å². The van der Waals surface area contributed by atoms with E-state index in [0.29, 0.717) is 30.8 Å². The number of benzene rings is 1. The highest BCUT2D eigenvalue weighted by Crippen LogP contribution is 2.18. The van der Waals surface area contributed by atoms with Gasteiger partial charge in [0.05, 0.1) is 5.52 Å². The third-order valence-corrected chi connectivity index (χ3v) is 5.34. The lowest BCUT2D eigenvalue weighted by atomic mass is 10.2. The average molecular weight is 391 g/mol. The van der Waals surface area contributed by atoms with E-state index in [1.807, 2.05) is 60.5 Å². The summed E-state index contributed by atoms with van der Waals surface area (Å²) in [6.45, 7) is 3.48. The number of nitrogens with zero attached hydrogens (tertiary/aromatic N) is 5. The molecule has 2 aromatic heterocycles. The Morgan fingerprint density at radius 3 is 2.41 bits per heavy atom. The van der Waals surface area contributed by atoms with E-state index in [0.717, 1.165) is 18.7 Å². The van der Waals surface area contributed by atoms with Gasteiger partial charge in [-0.15, -0.1) is 0 Å². The lowest BCUT2D eigenvalue weighted by Crippen LogP contribution is -2.47. The van der Waals surface area contributed by atoms with Gasteiger partial charge in [0.2, 0.25) is 5.82 Å². The molecule has 3 aromatic rings. The summed E-state index contributed by atoms with van der Waals surface area (Å²) in [6.07, 6.45) is 1.78. The molecule has 1 aliphatic rings. The molecule has 1 aliphatic heterocycles. The van der Waals surface area contributed by atoms with Crippen LogP contribution in [0.3, 0.4) is 0 Å². The Hall–Kier alpha value is -3.19. The van der Waals surface area contributed by atoms with Gasteiger partial charge in [0.25, 0.3) is 11.8 Å². The van der Waals surface area contributed by atoms with E-state index < -0.39 is 0 Å². The summed E-state index contributed by atoms with van der Waals surface area (Å²) < 4.78 is 1.72. The Kier molecular flexibility index (Phi) is 5.31. The number of aromatic nitrogens is 2. The largest absolute Gasteiger partial charge is 0.335 e. The first-order valence-electron chi connectivity index (χ1n) is 9.79. The zero-order valence-corrected chi connectivity index (χ0v) is 16.8. The van der Waals surface area contributed by atoms with Crippen molar-refractivity contribution >= 4 is 17.3 Å². The van der Waals surface area contributed by atoms with Gasteiger partial charge in [0.1, 0.15) is 0 Å². The number of amides is 2. The Bertz CT molecular complexity index is 1020. The molecule has 150 valence electrons. The van der Waals surface area contributed by atoms with Crippen molar-refractivity contribution in [1.82, 2.24) is 24.1 Å². The second-order valence-electron chi connectivity index (χ2n) is 7.48. The Labute approximate surface area is 170 Å². The van der Waals surface area contributed by atoms with Gasteiger partial charge in [-0.25, -0.2) is 4.98 Å². The summed E-state index contributed by atoms with van der Waals surface area (Å²) in [4.78, 5) is 36.4. The predicted molar refractivity (Wildman–Crippen MR) is 111 cm³/mol. The van der Waals surface area contributed by atoms with Crippen LogP contribution in [0.1, 0.15) is 26.7 Å². The number of carbonyl (C=O) groups is 2. The van der Waals surface area contributed by atoms with Crippen molar-refractivity contribution in [3.8, 4) is 0 Å². The standard InChI is InChI=1S/C22H25N5O2/c1-24-12-14-26(15-13-24)21(28)19-18-10-6-7-11-27(18)20(23-19)22(29)25(2)16-17-8-4-3-5-9-17/h3-11H,12-16H2,1-2H3. The van der Waals surface area contributed by atoms with E-state index in [2.05, 4.69) is 9.88 Å². The maximum atomic E-state index is 13.1. The number of rotatable bonds is 4. The normalized spacial score (nSPS) is 14.9. The maximum Gasteiger partial charge on any atom is 0.290 e. The summed E-state index contributed by atoms with van der Waals surface area (Å²) in [5.74, 6) is -0.0736. The molecule has 3 heterocycles. The fraction of sp³-hybridized carbons (Fsp3) is 0.318. The van der Waals surface area contributed by atoms with Gasteiger partial charge < -0.3 is 14.7 Å². The number of hydrogen-bond donors (Lipinski definition) is 0. The van der Waals surface area contributed by atoms with E-state index in [-0.39, 0.29) is 17.6 Å². The van der Waals surface area contributed by atoms with E-state index in [4.69, 9.17) is 0 Å². The van der Waals surface area contributed by atoms with E-state index >= 15 is 0 Å². The maximum absolute atomic E-state index is 13.1. The molecule has 1 aromatic carbocycles. The van der Waals surface area contributed by atoms with Crippen LogP contribution in [-0.2, 0) is 6.54 Å². The number of hydrogen-bond acceptors (Lipinski definition) is 4. The molecule has 0 N–H and O–H groups in total. The Morgan fingerprint density at radius 2 is 1.69 bits per heavy atom. The van der Waals surface area contributed by atoms with Crippen LogP contribution in [-0.4, -0.2) is 76.2 Å². The van der Waals surface area contributed by atoms with Crippen LogP contribution in [0, 0.1) is 0 Å². The predicted octanol–water partition coefficient (Wildman–Crippen LogP) is 1.99. The van der Waals surface area contributed by atoms with Crippen LogP contribution in [0.25, 0.3) is 5.52 Å². The molecule has 4 rings (SSSR count). The van der Waals surface area contributed by atoms with Crippen molar-refractivity contribution in [1.29, 1.82) is 0 Å². The molecule has 0 radical (unpaired) electrons. The summed E-state index contributed by atoms with van der Waals surface area (Å²) >= 11 is 0. The molecule has 1 fully saturated rings. The number of likely N-dealkylation sites (N-methyl/N-ethyl adjacent to an activating group) is 1. The monoisotopic (exact) mass is 391 g/mol. The zero-order valence-electron chi connectivity index (χ0n) is 16.8. The highest BCUT2D eigenvalue weighted by molar-refractivity contribution is 6.02. The molecule has 29 heavy (non-hydrogen) atoms. The lowest BCUT2D eigenvalue weighted by molar-refractivity contribution is 0.0660. The van der Waals surface area contributed by atoms with Crippen LogP contribution in [0.15, 0.2) is 54.7 Å². The second-order valence-corrected chi connectivity index (χ2v) is 7.48. The molecular formula is C22H25N5O2. The molecule has 1 saturated heterocycles. The number of fused-ring (bicyclic) bond motifs is 1. The highest BCUT2D eigenvalue weighted by atomic mass is 16.2. The first kappa shape index (κ1) is 19.1. The van der Waals surface area contributed by atoms with Crippen molar-refractivity contribution in [2.24, 2.45) is 0 Å². The third-order valence-electron chi connectivity index (χ3n) is 5.34. The fourth-order valence-electron chi connectivity index (χ4n) is 3.61. The van der Waals surface area contributed by atoms with Gasteiger partial charge in [0.15, 0.2) is 5.69 Å². The lowest BCUT2D eigenvalue weighted by Gasteiger charge is -2.32. The molecule has 2 amide bonds. The third kappa shape index (κ3) is 3.86. The number of piperazine rings is 1. The molecule has 0 aliphatic carbocycles. The summed E-state index contributed by atoms with van der Waals surface area (Å²) in [5, 5.41) is 0. The van der Waals surface area contributed by atoms with E-state index in [1.165, 1.54) is 0 Å². The Morgan fingerprint density at radius 1 is 1.00 bits per heavy atom. The van der Waals surface area contributed by atoms with Crippen LogP contribution in [0.5, 0.6) is 0 Å². The van der Waals surface area contributed by atoms with Crippen molar-refractivity contribution in [3.63, 3.8) is 0 Å². The minimum atomic E-state index is -0.215. The number of imidazole rings is 1. The van der Waals surface area contributed by atoms with Crippen LogP contribution in [0.4, 0.5) is 0 Å². The second kappa shape index (κ2) is 8.05. The van der Waals surface area contributed by atoms with Crippen molar-refractivity contribution in [2.75, 3.05) is 40.3 Å². The summed E-state index contributed by atoms with van der Waals surface area (Å²) in [6, 6.07) is 15.3. The smallest absolute Gasteiger partial charge is 0.290 e. The number of pyridine rings is 1. The molecule has 0 saturated carbocycles. The molecule has 0 spiro atoms. The zero-order chi connectivity index (χ0) is 20.4. The minimum Gasteiger partial charge on any atom is -0.335 e. The van der Waals surface area contributed by atoms with Gasteiger partial charge >= 0.3 is 0 Å². The molecule has 0 unspecified atom stereocenters. The SMILES string of the molecule is CN1CCN(C(=O)c2nc(C(=O)N(C)Cc3ccccc3)n3ccccc23)CC1. The van der Waals surface area contributed by atoms with E-state index in [9.17, 15) is 9.59 Å². The minimum absolute atomic E-state index is 0.119. The van der Waals surface area contributed by atoms with Crippen molar-refractivity contribution in [3.05, 3.63) is 71.8 Å². The molecule has 7 nitrogen and oxygen atoms in total. The first-order chi connectivity index (χ1) is 14.0. The fourth-order valence-corrected chi connectivity index (χ4v) is 3.61. The van der Waals surface area contributed by atoms with Crippen LogP contribution < -0.4 is 0 Å². The van der Waals surface area contributed by atoms with E-state index in [1.54, 1.807) is 22.5 Å². The first-order valence-corrected chi connectivity index (χ1v) is 9.79. The number of carbonyl (C=O) groups excluding carboxylic acids is 2. The topological polar surface area (TPSA) is 61.2 Å². The quantitative estimate of drug-likeness (QED) is 0.683. The Balaban J connectivity index is 1.63. The van der Waals surface area contributed by atoms with Crippen molar-refractivity contribution in [2.45, 2.75) is 6.54 Å². The van der Waals surface area contributed by atoms with Crippen molar-refractivity contribution < 1.29 is 9.59 Å². The molecule has 0 atom stereocenters. The summed E-state index contributed by atoms with van der Waals surface area (Å²) in [7, 11) is 3.80. The molecule has 7 heteroatoms. The molecular weight excluding hydrogens is 366 g/mol. The highest BCUT2D eigenvalue weighted by Gasteiger charge is 2.28. The van der Waals surface area contributed by atoms with Crippen LogP contribution in [0.2, 0.25) is 0 Å². The molecule has 0 bridgehead atoms. The van der Waals surface area contributed by atoms with Gasteiger partial charge in [-0.05, 0) is 24.7 Å². The average Bonchev–Trinajstić information content (AvgIpc) is 3.13. The summed E-state index contributed by atoms with van der Waals surface area (Å²) in [5.41, 5.74) is 2.04.